The maximum absolute atomic E-state index is 5.79. The fraction of sp³-hybridized carbons (Fsp3) is 0.333. The van der Waals surface area contributed by atoms with Gasteiger partial charge in [0.2, 0.25) is 0 Å². The number of quaternary nitrogens is 1. The van der Waals surface area contributed by atoms with Crippen LogP contribution in [0, 0.1) is 0 Å². The Morgan fingerprint density at radius 2 is 1.64 bits per heavy atom. The molecule has 3 aromatic rings. The van der Waals surface area contributed by atoms with E-state index >= 15 is 0 Å². The zero-order valence-corrected chi connectivity index (χ0v) is 21.2. The molecular formula is C30H38NO2+. The molecule has 0 unspecified atom stereocenters. The quantitative estimate of drug-likeness (QED) is 0.305. The van der Waals surface area contributed by atoms with Crippen molar-refractivity contribution in [1.29, 1.82) is 0 Å². The highest BCUT2D eigenvalue weighted by molar-refractivity contribution is 5.87. The number of nitrogens with two attached hydrogens (primary N) is 1. The maximum atomic E-state index is 5.79. The second kappa shape index (κ2) is 10.7. The number of hydrogen-bond donors (Lipinski definition) is 1. The van der Waals surface area contributed by atoms with Gasteiger partial charge in [-0.3, -0.25) is 0 Å². The van der Waals surface area contributed by atoms with Crippen LogP contribution in [0.3, 0.4) is 0 Å². The highest BCUT2D eigenvalue weighted by Crippen LogP contribution is 2.41. The molecule has 0 aliphatic carbocycles. The van der Waals surface area contributed by atoms with E-state index < -0.39 is 0 Å². The van der Waals surface area contributed by atoms with E-state index in [9.17, 15) is 0 Å². The van der Waals surface area contributed by atoms with E-state index in [0.29, 0.717) is 0 Å². The third-order valence-corrected chi connectivity index (χ3v) is 6.02. The smallest absolute Gasteiger partial charge is 0.168 e. The summed E-state index contributed by atoms with van der Waals surface area (Å²) < 4.78 is 11.5. The van der Waals surface area contributed by atoms with Crippen LogP contribution in [0.25, 0.3) is 22.8 Å². The van der Waals surface area contributed by atoms with Crippen LogP contribution in [-0.4, -0.2) is 20.8 Å². The summed E-state index contributed by atoms with van der Waals surface area (Å²) in [5.74, 6) is 1.50. The number of hydrogen-bond acceptors (Lipinski definition) is 2. The van der Waals surface area contributed by atoms with Crippen LogP contribution in [0.4, 0.5) is 5.69 Å². The van der Waals surface area contributed by atoms with Gasteiger partial charge in [0.25, 0.3) is 0 Å². The van der Waals surface area contributed by atoms with Gasteiger partial charge in [0.1, 0.15) is 5.69 Å². The second-order valence-corrected chi connectivity index (χ2v) is 9.54. The SMILES string of the molecule is CCC[NH2+]c1ccccc1/C=C(\C)c1cc(OC)c(OC)c(-c2ccc(C(C)(C)C)cc2)c1. The highest BCUT2D eigenvalue weighted by atomic mass is 16.5. The lowest BCUT2D eigenvalue weighted by molar-refractivity contribution is -0.571. The lowest BCUT2D eigenvalue weighted by Gasteiger charge is -2.20. The lowest BCUT2D eigenvalue weighted by Crippen LogP contribution is -2.78. The molecule has 174 valence electrons. The molecule has 0 saturated carbocycles. The summed E-state index contributed by atoms with van der Waals surface area (Å²) in [6, 6.07) is 21.6. The van der Waals surface area contributed by atoms with Crippen molar-refractivity contribution in [3.63, 3.8) is 0 Å². The Kier molecular flexibility index (Phi) is 7.99. The largest absolute Gasteiger partial charge is 0.493 e. The molecule has 3 aromatic carbocycles. The van der Waals surface area contributed by atoms with E-state index in [1.54, 1.807) is 14.2 Å². The van der Waals surface area contributed by atoms with E-state index in [0.717, 1.165) is 41.2 Å². The Balaban J connectivity index is 2.08. The lowest BCUT2D eigenvalue weighted by atomic mass is 9.86. The summed E-state index contributed by atoms with van der Waals surface area (Å²) in [7, 11) is 3.40. The Hall–Kier alpha value is -3.04. The molecule has 3 nitrogen and oxygen atoms in total. The fourth-order valence-corrected chi connectivity index (χ4v) is 4.00. The zero-order chi connectivity index (χ0) is 24.0. The molecule has 0 heterocycles. The van der Waals surface area contributed by atoms with Gasteiger partial charge >= 0.3 is 0 Å². The molecule has 0 aliphatic heterocycles. The van der Waals surface area contributed by atoms with Crippen molar-refractivity contribution in [2.24, 2.45) is 0 Å². The molecule has 0 fully saturated rings. The first-order valence-corrected chi connectivity index (χ1v) is 11.8. The van der Waals surface area contributed by atoms with Gasteiger partial charge in [-0.1, -0.05) is 64.1 Å². The van der Waals surface area contributed by atoms with E-state index in [4.69, 9.17) is 9.47 Å². The topological polar surface area (TPSA) is 35.1 Å². The van der Waals surface area contributed by atoms with E-state index in [2.05, 4.69) is 107 Å². The van der Waals surface area contributed by atoms with Crippen LogP contribution in [0.2, 0.25) is 0 Å². The Morgan fingerprint density at radius 1 is 0.939 bits per heavy atom. The molecule has 0 aromatic heterocycles. The van der Waals surface area contributed by atoms with Crippen molar-refractivity contribution in [3.8, 4) is 22.6 Å². The third kappa shape index (κ3) is 5.85. The predicted molar refractivity (Wildman–Crippen MR) is 140 cm³/mol. The second-order valence-electron chi connectivity index (χ2n) is 9.54. The average molecular weight is 445 g/mol. The van der Waals surface area contributed by atoms with Crippen LogP contribution < -0.4 is 14.8 Å². The van der Waals surface area contributed by atoms with Crippen LogP contribution in [0.1, 0.15) is 57.7 Å². The van der Waals surface area contributed by atoms with Crippen molar-refractivity contribution in [2.45, 2.75) is 46.5 Å². The summed E-state index contributed by atoms with van der Waals surface area (Å²) in [6.45, 7) is 12.1. The molecule has 3 rings (SSSR count). The molecule has 0 atom stereocenters. The molecular weight excluding hydrogens is 406 g/mol. The van der Waals surface area contributed by atoms with Gasteiger partial charge < -0.3 is 14.8 Å². The summed E-state index contributed by atoms with van der Waals surface area (Å²) in [5, 5.41) is 2.32. The van der Waals surface area contributed by atoms with Gasteiger partial charge in [-0.25, -0.2) is 0 Å². The minimum absolute atomic E-state index is 0.115. The molecule has 3 heteroatoms. The molecule has 33 heavy (non-hydrogen) atoms. The molecule has 0 aliphatic rings. The Morgan fingerprint density at radius 3 is 2.24 bits per heavy atom. The third-order valence-electron chi connectivity index (χ3n) is 6.02. The van der Waals surface area contributed by atoms with Gasteiger partial charge in [-0.05, 0) is 71.4 Å². The van der Waals surface area contributed by atoms with Crippen molar-refractivity contribution in [1.82, 2.24) is 0 Å². The van der Waals surface area contributed by atoms with Crippen molar-refractivity contribution in [2.75, 3.05) is 20.8 Å². The maximum Gasteiger partial charge on any atom is 0.168 e. The average Bonchev–Trinajstić information content (AvgIpc) is 2.82. The number of rotatable bonds is 8. The van der Waals surface area contributed by atoms with E-state index in [1.165, 1.54) is 22.4 Å². The van der Waals surface area contributed by atoms with Crippen molar-refractivity contribution >= 4 is 17.3 Å². The van der Waals surface area contributed by atoms with Crippen molar-refractivity contribution in [3.05, 3.63) is 77.4 Å². The van der Waals surface area contributed by atoms with Gasteiger partial charge in [0.15, 0.2) is 11.5 Å². The summed E-state index contributed by atoms with van der Waals surface area (Å²) in [6.07, 6.45) is 3.40. The first-order valence-electron chi connectivity index (χ1n) is 11.8. The summed E-state index contributed by atoms with van der Waals surface area (Å²) >= 11 is 0. The Labute approximate surface area is 199 Å². The van der Waals surface area contributed by atoms with Crippen LogP contribution in [0.15, 0.2) is 60.7 Å². The number of para-hydroxylation sites is 1. The first kappa shape index (κ1) is 24.6. The normalized spacial score (nSPS) is 12.0. The minimum atomic E-state index is 0.115. The minimum Gasteiger partial charge on any atom is -0.493 e. The molecule has 0 amide bonds. The predicted octanol–water partition coefficient (Wildman–Crippen LogP) is 6.83. The van der Waals surface area contributed by atoms with Gasteiger partial charge in [-0.2, -0.15) is 0 Å². The Bertz CT molecular complexity index is 1110. The van der Waals surface area contributed by atoms with Gasteiger partial charge in [0, 0.05) is 11.1 Å². The number of methoxy groups -OCH3 is 2. The molecule has 2 N–H and O–H groups in total. The number of allylic oxidation sites excluding steroid dienone is 1. The molecule has 0 bridgehead atoms. The monoisotopic (exact) mass is 444 g/mol. The highest BCUT2D eigenvalue weighted by Gasteiger charge is 2.17. The van der Waals surface area contributed by atoms with Crippen LogP contribution in [-0.2, 0) is 5.41 Å². The first-order chi connectivity index (χ1) is 15.8. The van der Waals surface area contributed by atoms with Crippen molar-refractivity contribution < 1.29 is 14.8 Å². The molecule has 0 saturated heterocycles. The van der Waals surface area contributed by atoms with Gasteiger partial charge in [-0.15, -0.1) is 0 Å². The standard InChI is InChI=1S/C30H37NO2/c1-8-17-31-27-12-10-9-11-23(27)18-21(2)24-19-26(29(33-7)28(20-24)32-6)22-13-15-25(16-14-22)30(3,4)5/h9-16,18-20,31H,8,17H2,1-7H3/p+1/b21-18+. The fourth-order valence-electron chi connectivity index (χ4n) is 4.00. The molecule has 0 radical (unpaired) electrons. The van der Waals surface area contributed by atoms with Gasteiger partial charge in [0.05, 0.1) is 20.8 Å². The number of benzene rings is 3. The zero-order valence-electron chi connectivity index (χ0n) is 21.2. The summed E-state index contributed by atoms with van der Waals surface area (Å²) in [5.41, 5.74) is 8.38. The van der Waals surface area contributed by atoms with Crippen LogP contribution >= 0.6 is 0 Å². The molecule has 0 spiro atoms. The van der Waals surface area contributed by atoms with E-state index in [1.807, 2.05) is 0 Å². The summed E-state index contributed by atoms with van der Waals surface area (Å²) in [4.78, 5) is 0. The van der Waals surface area contributed by atoms with Crippen LogP contribution in [0.5, 0.6) is 11.5 Å². The number of ether oxygens (including phenoxy) is 2. The van der Waals surface area contributed by atoms with E-state index in [-0.39, 0.29) is 5.41 Å².